The Morgan fingerprint density at radius 3 is 1.81 bits per heavy atom. The minimum Gasteiger partial charge on any atom is -0.0985 e. The minimum atomic E-state index is 0.777. The van der Waals surface area contributed by atoms with E-state index in [2.05, 4.69) is 62.0 Å². The van der Waals surface area contributed by atoms with Gasteiger partial charge < -0.3 is 0 Å². The van der Waals surface area contributed by atoms with Gasteiger partial charge in [0.15, 0.2) is 0 Å². The Bertz CT molecular complexity index is 781. The van der Waals surface area contributed by atoms with Gasteiger partial charge >= 0.3 is 0 Å². The van der Waals surface area contributed by atoms with E-state index in [-0.39, 0.29) is 0 Å². The second-order valence-corrected chi connectivity index (χ2v) is 10.3. The highest BCUT2D eigenvalue weighted by Crippen LogP contribution is 2.44. The van der Waals surface area contributed by atoms with Crippen molar-refractivity contribution in [3.05, 3.63) is 66.2 Å². The van der Waals surface area contributed by atoms with Crippen LogP contribution in [0.2, 0.25) is 0 Å². The first-order valence-corrected chi connectivity index (χ1v) is 13.1. The van der Waals surface area contributed by atoms with Crippen molar-refractivity contribution in [2.45, 2.75) is 89.9 Å². The fourth-order valence-electron chi connectivity index (χ4n) is 6.31. The molecular formula is C31H42. The van der Waals surface area contributed by atoms with Crippen molar-refractivity contribution >= 4 is 6.08 Å². The maximum atomic E-state index is 3.85. The van der Waals surface area contributed by atoms with Crippen molar-refractivity contribution in [2.75, 3.05) is 0 Å². The third kappa shape index (κ3) is 5.91. The van der Waals surface area contributed by atoms with Crippen molar-refractivity contribution in [1.29, 1.82) is 0 Å². The summed E-state index contributed by atoms with van der Waals surface area (Å²) in [5, 5.41) is 0. The van der Waals surface area contributed by atoms with Crippen molar-refractivity contribution in [1.82, 2.24) is 0 Å². The van der Waals surface area contributed by atoms with E-state index in [0.717, 1.165) is 23.7 Å². The van der Waals surface area contributed by atoms with E-state index in [9.17, 15) is 0 Å². The molecule has 0 heteroatoms. The van der Waals surface area contributed by atoms with Crippen LogP contribution in [0.25, 0.3) is 17.2 Å². The quantitative estimate of drug-likeness (QED) is 0.377. The van der Waals surface area contributed by atoms with Crippen LogP contribution in [0.5, 0.6) is 0 Å². The summed E-state index contributed by atoms with van der Waals surface area (Å²) >= 11 is 0. The van der Waals surface area contributed by atoms with Crippen LogP contribution in [-0.4, -0.2) is 0 Å². The van der Waals surface area contributed by atoms with Gasteiger partial charge in [0.25, 0.3) is 0 Å². The van der Waals surface area contributed by atoms with Crippen LogP contribution in [0.3, 0.4) is 0 Å². The van der Waals surface area contributed by atoms with Crippen LogP contribution in [0.15, 0.2) is 55.1 Å². The lowest BCUT2D eigenvalue weighted by atomic mass is 9.68. The Morgan fingerprint density at radius 2 is 1.26 bits per heavy atom. The lowest BCUT2D eigenvalue weighted by Gasteiger charge is -2.38. The van der Waals surface area contributed by atoms with E-state index in [1.807, 2.05) is 6.08 Å². The zero-order valence-corrected chi connectivity index (χ0v) is 19.7. The highest BCUT2D eigenvalue weighted by molar-refractivity contribution is 5.65. The third-order valence-corrected chi connectivity index (χ3v) is 8.41. The van der Waals surface area contributed by atoms with Gasteiger partial charge in [0.05, 0.1) is 0 Å². The summed E-state index contributed by atoms with van der Waals surface area (Å²) in [6.07, 6.45) is 19.5. The molecular weight excluding hydrogens is 372 g/mol. The Morgan fingerprint density at radius 1 is 0.710 bits per heavy atom. The van der Waals surface area contributed by atoms with Gasteiger partial charge in [0.2, 0.25) is 0 Å². The zero-order valence-electron chi connectivity index (χ0n) is 19.7. The normalized spacial score (nSPS) is 26.5. The molecule has 2 fully saturated rings. The molecule has 4 rings (SSSR count). The molecule has 0 atom stereocenters. The van der Waals surface area contributed by atoms with Crippen molar-refractivity contribution in [2.24, 2.45) is 17.8 Å². The maximum absolute atomic E-state index is 3.85. The lowest BCUT2D eigenvalue weighted by molar-refractivity contribution is 0.155. The van der Waals surface area contributed by atoms with Crippen molar-refractivity contribution in [3.8, 4) is 11.1 Å². The van der Waals surface area contributed by atoms with Gasteiger partial charge in [0, 0.05) is 0 Å². The highest BCUT2D eigenvalue weighted by Gasteiger charge is 2.31. The summed E-state index contributed by atoms with van der Waals surface area (Å²) in [7, 11) is 0. The van der Waals surface area contributed by atoms with Crippen LogP contribution >= 0.6 is 0 Å². The average molecular weight is 415 g/mol. The lowest BCUT2D eigenvalue weighted by Crippen LogP contribution is -2.25. The molecule has 0 N–H and O–H groups in total. The molecule has 0 unspecified atom stereocenters. The first-order chi connectivity index (χ1) is 15.3. The highest BCUT2D eigenvalue weighted by atomic mass is 14.4. The van der Waals surface area contributed by atoms with E-state index in [4.69, 9.17) is 0 Å². The summed E-state index contributed by atoms with van der Waals surface area (Å²) in [4.78, 5) is 0. The monoisotopic (exact) mass is 414 g/mol. The van der Waals surface area contributed by atoms with Crippen LogP contribution in [0, 0.1) is 17.8 Å². The van der Waals surface area contributed by atoms with Gasteiger partial charge in [-0.2, -0.15) is 0 Å². The molecule has 2 aromatic rings. The molecule has 166 valence electrons. The number of rotatable bonds is 8. The van der Waals surface area contributed by atoms with Gasteiger partial charge in [-0.3, -0.25) is 0 Å². The number of unbranched alkanes of at least 4 members (excludes halogenated alkanes) is 2. The average Bonchev–Trinajstić information content (AvgIpc) is 2.85. The third-order valence-electron chi connectivity index (χ3n) is 8.41. The molecule has 0 spiro atoms. The van der Waals surface area contributed by atoms with Gasteiger partial charge in [0.1, 0.15) is 0 Å². The van der Waals surface area contributed by atoms with E-state index >= 15 is 0 Å². The number of hydrogen-bond acceptors (Lipinski definition) is 0. The Balaban J connectivity index is 1.25. The molecule has 0 aromatic heterocycles. The second kappa shape index (κ2) is 11.2. The fraction of sp³-hybridized carbons (Fsp3) is 0.548. The molecule has 2 aromatic carbocycles. The van der Waals surface area contributed by atoms with Crippen LogP contribution in [-0.2, 0) is 0 Å². The minimum absolute atomic E-state index is 0.777. The smallest absolute Gasteiger partial charge is 0.0162 e. The molecule has 0 bridgehead atoms. The maximum Gasteiger partial charge on any atom is -0.0162 e. The molecule has 2 saturated carbocycles. The van der Waals surface area contributed by atoms with Crippen LogP contribution < -0.4 is 0 Å². The molecule has 0 nitrogen and oxygen atoms in total. The largest absolute Gasteiger partial charge is 0.0985 e. The molecule has 0 amide bonds. The van der Waals surface area contributed by atoms with E-state index < -0.39 is 0 Å². The van der Waals surface area contributed by atoms with Gasteiger partial charge in [-0.15, -0.1) is 0 Å². The van der Waals surface area contributed by atoms with Crippen molar-refractivity contribution in [3.63, 3.8) is 0 Å². The van der Waals surface area contributed by atoms with Gasteiger partial charge in [-0.1, -0.05) is 107 Å². The number of hydrogen-bond donors (Lipinski definition) is 0. The Hall–Kier alpha value is -1.82. The predicted octanol–water partition coefficient (Wildman–Crippen LogP) is 9.66. The van der Waals surface area contributed by atoms with E-state index in [1.54, 1.807) is 5.56 Å². The Labute approximate surface area is 191 Å². The standard InChI is InChI=1S/C31H42/c1-3-5-6-7-25-10-14-27(15-11-25)29-18-22-31(23-19-29)30-20-16-28(17-21-30)26-12-8-24(4-2)9-13-26/h4,8-9,12-13,16-17,20-21,25,27,29,31H,2-3,5-7,10-11,14-15,18-19,22-23H2,1H3. The predicted molar refractivity (Wildman–Crippen MR) is 136 cm³/mol. The van der Waals surface area contributed by atoms with E-state index in [0.29, 0.717) is 0 Å². The van der Waals surface area contributed by atoms with Crippen LogP contribution in [0.4, 0.5) is 0 Å². The van der Waals surface area contributed by atoms with Crippen LogP contribution in [0.1, 0.15) is 101 Å². The molecule has 0 aliphatic heterocycles. The SMILES string of the molecule is C=Cc1ccc(-c2ccc(C3CCC(C4CCC(CCCCC)CC4)CC3)cc2)cc1. The van der Waals surface area contributed by atoms with Crippen molar-refractivity contribution < 1.29 is 0 Å². The van der Waals surface area contributed by atoms with Gasteiger partial charge in [-0.25, -0.2) is 0 Å². The summed E-state index contributed by atoms with van der Waals surface area (Å²) in [5.41, 5.74) is 5.36. The van der Waals surface area contributed by atoms with E-state index in [1.165, 1.54) is 93.7 Å². The molecule has 0 radical (unpaired) electrons. The molecule has 0 heterocycles. The Kier molecular flexibility index (Phi) is 8.06. The topological polar surface area (TPSA) is 0 Å². The summed E-state index contributed by atoms with van der Waals surface area (Å²) in [5.74, 6) is 3.87. The zero-order chi connectivity index (χ0) is 21.5. The first-order valence-electron chi connectivity index (χ1n) is 13.1. The summed E-state index contributed by atoms with van der Waals surface area (Å²) in [6, 6.07) is 18.1. The second-order valence-electron chi connectivity index (χ2n) is 10.3. The summed E-state index contributed by atoms with van der Waals surface area (Å²) < 4.78 is 0. The molecule has 2 aliphatic rings. The number of benzene rings is 2. The fourth-order valence-corrected chi connectivity index (χ4v) is 6.31. The van der Waals surface area contributed by atoms with Gasteiger partial charge in [-0.05, 0) is 84.5 Å². The molecule has 0 saturated heterocycles. The first kappa shape index (κ1) is 22.4. The summed E-state index contributed by atoms with van der Waals surface area (Å²) in [6.45, 7) is 6.17. The molecule has 2 aliphatic carbocycles. The molecule has 31 heavy (non-hydrogen) atoms.